The number of anilines is 1. The summed E-state index contributed by atoms with van der Waals surface area (Å²) in [5.41, 5.74) is 7.83. The molecule has 0 fully saturated rings. The number of carbonyl (C=O) groups excluding carboxylic acids is 1. The summed E-state index contributed by atoms with van der Waals surface area (Å²) in [6.45, 7) is 6.37. The molecule has 1 amide bonds. The van der Waals surface area contributed by atoms with Crippen molar-refractivity contribution < 1.29 is 15.0 Å². The Morgan fingerprint density at radius 3 is 2.93 bits per heavy atom. The van der Waals surface area contributed by atoms with E-state index in [0.717, 1.165) is 0 Å². The third-order valence-corrected chi connectivity index (χ3v) is 4.96. The van der Waals surface area contributed by atoms with Gasteiger partial charge in [-0.1, -0.05) is 24.3 Å². The highest BCUT2D eigenvalue weighted by Crippen LogP contribution is 2.38. The Kier molecular flexibility index (Phi) is 3.61. The third kappa shape index (κ3) is 3.14. The van der Waals surface area contributed by atoms with Crippen molar-refractivity contribution in [1.29, 1.82) is 0 Å². The van der Waals surface area contributed by atoms with Crippen molar-refractivity contribution in [2.45, 2.75) is 26.4 Å². The number of aromatic nitrogens is 3. The summed E-state index contributed by atoms with van der Waals surface area (Å²) >= 11 is 0. The van der Waals surface area contributed by atoms with Gasteiger partial charge >= 0.3 is 0 Å². The molecule has 0 radical (unpaired) electrons. The molecule has 3 aromatic rings. The zero-order valence-corrected chi connectivity index (χ0v) is 16.7. The molecule has 152 valence electrons. The van der Waals surface area contributed by atoms with Gasteiger partial charge in [0.1, 0.15) is 11.8 Å². The fraction of sp³-hybridized carbons (Fsp3) is 0.273. The number of fused-ring (bicyclic) bond motifs is 5. The molecule has 0 saturated carbocycles. The minimum atomic E-state index is -3.00. The first-order valence-electron chi connectivity index (χ1n) is 11.1. The molecule has 1 atom stereocenters. The maximum absolute atomic E-state index is 13.5. The van der Waals surface area contributed by atoms with Crippen molar-refractivity contribution in [3.8, 4) is 16.9 Å². The molecule has 0 saturated heterocycles. The highest BCUT2D eigenvalue weighted by molar-refractivity contribution is 5.96. The van der Waals surface area contributed by atoms with Gasteiger partial charge in [-0.15, -0.1) is 5.10 Å². The lowest BCUT2D eigenvalue weighted by molar-refractivity contribution is 0.0778. The SMILES string of the molecule is [2H]C([2H])([2H])[C@]1([2H])Oc2cc(cnc2N)-c2c(nn(C)c2[N+]#[C-])CN(C)C(=O)c2ccc(C)cc21. The number of rotatable bonds is 0. The van der Waals surface area contributed by atoms with Gasteiger partial charge in [0.25, 0.3) is 11.7 Å². The van der Waals surface area contributed by atoms with E-state index in [0.29, 0.717) is 22.4 Å². The molecule has 8 heteroatoms. The maximum Gasteiger partial charge on any atom is 0.260 e. The molecule has 2 bridgehead atoms. The van der Waals surface area contributed by atoms with Gasteiger partial charge < -0.3 is 20.2 Å². The predicted octanol–water partition coefficient (Wildman–Crippen LogP) is 3.65. The summed E-state index contributed by atoms with van der Waals surface area (Å²) in [7, 11) is 3.16. The van der Waals surface area contributed by atoms with Crippen LogP contribution in [0.25, 0.3) is 16.0 Å². The van der Waals surface area contributed by atoms with E-state index in [1.165, 1.54) is 34.0 Å². The zero-order valence-electron chi connectivity index (χ0n) is 20.7. The molecule has 2 aromatic heterocycles. The van der Waals surface area contributed by atoms with Gasteiger partial charge in [0.05, 0.1) is 15.0 Å². The topological polar surface area (TPSA) is 90.6 Å². The number of carbonyl (C=O) groups is 1. The molecule has 1 aromatic carbocycles. The standard InChI is InChI=1S/C22H22N6O2/c1-12-6-7-15-16(8-12)13(2)30-18-9-14(10-25-20(18)23)19-17(11-27(4)22(15)29)26-28(5)21(19)24-3/h6-10,13H,11H2,1-2,4-5H3,(H2,23,25)/t13-/m0/s1/i2D3,13D. The highest BCUT2D eigenvalue weighted by Gasteiger charge is 2.27. The van der Waals surface area contributed by atoms with E-state index in [2.05, 4.69) is 14.9 Å². The van der Waals surface area contributed by atoms with Crippen LogP contribution in [0.5, 0.6) is 5.75 Å². The number of ether oxygens (including phenoxy) is 1. The Hall–Kier alpha value is -3.86. The average molecular weight is 406 g/mol. The molecule has 4 rings (SSSR count). The fourth-order valence-corrected chi connectivity index (χ4v) is 3.48. The molecule has 0 spiro atoms. The molecule has 1 aliphatic rings. The zero-order chi connectivity index (χ0) is 25.0. The molecule has 30 heavy (non-hydrogen) atoms. The van der Waals surface area contributed by atoms with Crippen molar-refractivity contribution in [2.75, 3.05) is 12.8 Å². The number of hydrogen-bond acceptors (Lipinski definition) is 5. The van der Waals surface area contributed by atoms with Crippen molar-refractivity contribution in [2.24, 2.45) is 7.05 Å². The summed E-state index contributed by atoms with van der Waals surface area (Å²) in [4.78, 5) is 22.6. The van der Waals surface area contributed by atoms with Crippen molar-refractivity contribution in [3.63, 3.8) is 0 Å². The molecule has 0 aliphatic carbocycles. The van der Waals surface area contributed by atoms with Crippen molar-refractivity contribution in [1.82, 2.24) is 19.7 Å². The smallest absolute Gasteiger partial charge is 0.260 e. The lowest BCUT2D eigenvalue weighted by Gasteiger charge is -2.24. The first-order chi connectivity index (χ1) is 15.9. The lowest BCUT2D eigenvalue weighted by Crippen LogP contribution is -2.28. The van der Waals surface area contributed by atoms with Crippen LogP contribution in [0.2, 0.25) is 0 Å². The van der Waals surface area contributed by atoms with Crippen LogP contribution in [-0.2, 0) is 13.6 Å². The van der Waals surface area contributed by atoms with Crippen LogP contribution >= 0.6 is 0 Å². The number of aryl methyl sites for hydroxylation is 2. The Balaban J connectivity index is 2.09. The average Bonchev–Trinajstić information content (AvgIpc) is 3.07. The van der Waals surface area contributed by atoms with Crippen LogP contribution in [0.15, 0.2) is 30.5 Å². The van der Waals surface area contributed by atoms with Gasteiger partial charge in [0.15, 0.2) is 11.6 Å². The van der Waals surface area contributed by atoms with Crippen molar-refractivity contribution >= 4 is 17.5 Å². The maximum atomic E-state index is 13.5. The highest BCUT2D eigenvalue weighted by atomic mass is 16.5. The summed E-state index contributed by atoms with van der Waals surface area (Å²) in [6.07, 6.45) is -1.25. The Bertz CT molecular complexity index is 1360. The van der Waals surface area contributed by atoms with E-state index in [1.54, 1.807) is 27.1 Å². The molecule has 0 unspecified atom stereocenters. The fourth-order valence-electron chi connectivity index (χ4n) is 3.48. The molecular formula is C22H22N6O2. The summed E-state index contributed by atoms with van der Waals surface area (Å²) in [5, 5.41) is 4.43. The van der Waals surface area contributed by atoms with E-state index >= 15 is 0 Å². The molecule has 8 nitrogen and oxygen atoms in total. The number of amides is 1. The minimum Gasteiger partial charge on any atom is -0.482 e. The molecule has 1 aliphatic heterocycles. The van der Waals surface area contributed by atoms with Crippen LogP contribution in [0.4, 0.5) is 11.6 Å². The summed E-state index contributed by atoms with van der Waals surface area (Å²) in [6, 6.07) is 6.06. The van der Waals surface area contributed by atoms with E-state index in [9.17, 15) is 4.79 Å². The van der Waals surface area contributed by atoms with Crippen molar-refractivity contribution in [3.05, 3.63) is 64.3 Å². The first kappa shape index (κ1) is 15.0. The molecule has 2 N–H and O–H groups in total. The first-order valence-corrected chi connectivity index (χ1v) is 9.12. The van der Waals surface area contributed by atoms with Crippen LogP contribution < -0.4 is 10.5 Å². The lowest BCUT2D eigenvalue weighted by atomic mass is 9.98. The van der Waals surface area contributed by atoms with Crippen LogP contribution in [-0.4, -0.2) is 32.6 Å². The van der Waals surface area contributed by atoms with Gasteiger partial charge in [-0.3, -0.25) is 4.79 Å². The quantitative estimate of drug-likeness (QED) is 0.576. The Labute approximate surface area is 180 Å². The number of nitrogens with zero attached hydrogens (tertiary/aromatic N) is 5. The van der Waals surface area contributed by atoms with E-state index in [4.69, 9.17) is 22.5 Å². The molecule has 3 heterocycles. The largest absolute Gasteiger partial charge is 0.482 e. The van der Waals surface area contributed by atoms with E-state index in [-0.39, 0.29) is 35.1 Å². The Morgan fingerprint density at radius 1 is 1.40 bits per heavy atom. The third-order valence-electron chi connectivity index (χ3n) is 4.96. The second-order valence-electron chi connectivity index (χ2n) is 7.13. The number of nitrogens with two attached hydrogens (primary N) is 1. The van der Waals surface area contributed by atoms with E-state index in [1.807, 2.05) is 0 Å². The monoisotopic (exact) mass is 406 g/mol. The van der Waals surface area contributed by atoms with Crippen LogP contribution in [0, 0.1) is 13.5 Å². The van der Waals surface area contributed by atoms with Gasteiger partial charge in [-0.2, -0.15) is 0 Å². The van der Waals surface area contributed by atoms with Crippen LogP contribution in [0.3, 0.4) is 0 Å². The number of pyridine rings is 1. The van der Waals surface area contributed by atoms with Crippen LogP contribution in [0.1, 0.15) is 45.6 Å². The number of nitrogen functional groups attached to an aromatic ring is 1. The van der Waals surface area contributed by atoms with Gasteiger partial charge in [-0.25, -0.2) is 9.67 Å². The van der Waals surface area contributed by atoms with Gasteiger partial charge in [0, 0.05) is 34.0 Å². The normalized spacial score (nSPS) is 20.7. The number of hydrogen-bond donors (Lipinski definition) is 1. The van der Waals surface area contributed by atoms with Gasteiger partial charge in [-0.05, 0) is 31.5 Å². The minimum absolute atomic E-state index is 0.00497. The number of benzene rings is 1. The second kappa shape index (κ2) is 7.19. The molecular weight excluding hydrogens is 380 g/mol. The van der Waals surface area contributed by atoms with E-state index < -0.39 is 18.8 Å². The summed E-state index contributed by atoms with van der Waals surface area (Å²) < 4.78 is 40.6. The predicted molar refractivity (Wildman–Crippen MR) is 113 cm³/mol. The Morgan fingerprint density at radius 2 is 2.20 bits per heavy atom. The second-order valence-corrected chi connectivity index (χ2v) is 7.13. The van der Waals surface area contributed by atoms with Gasteiger partial charge in [0.2, 0.25) is 0 Å². The summed E-state index contributed by atoms with van der Waals surface area (Å²) in [5.74, 6) is -0.595.